The molecule has 1 radical (unpaired) electrons. The highest BCUT2D eigenvalue weighted by Gasteiger charge is 2.31. The lowest BCUT2D eigenvalue weighted by atomic mass is 9.76. The van der Waals surface area contributed by atoms with E-state index in [1.165, 1.54) is 0 Å². The third-order valence-corrected chi connectivity index (χ3v) is 3.08. The van der Waals surface area contributed by atoms with E-state index in [4.69, 9.17) is 5.11 Å². The van der Waals surface area contributed by atoms with Crippen LogP contribution in [-0.4, -0.2) is 22.3 Å². The largest absolute Gasteiger partial charge is 0.481 e. The molecule has 2 N–H and O–H groups in total. The number of rotatable bonds is 4. The zero-order chi connectivity index (χ0) is 10.6. The highest BCUT2D eigenvalue weighted by Crippen LogP contribution is 2.33. The molecule has 3 heteroatoms. The van der Waals surface area contributed by atoms with Gasteiger partial charge in [0.1, 0.15) is 0 Å². The lowest BCUT2D eigenvalue weighted by Crippen LogP contribution is -2.29. The fourth-order valence-electron chi connectivity index (χ4n) is 2.13. The zero-order valence-electron chi connectivity index (χ0n) is 8.65. The second-order valence-electron chi connectivity index (χ2n) is 4.10. The van der Waals surface area contributed by atoms with E-state index in [0.29, 0.717) is 12.8 Å². The van der Waals surface area contributed by atoms with Gasteiger partial charge in [-0.2, -0.15) is 0 Å². The highest BCUT2D eigenvalue weighted by molar-refractivity contribution is 5.70. The molecule has 14 heavy (non-hydrogen) atoms. The Morgan fingerprint density at radius 1 is 1.64 bits per heavy atom. The van der Waals surface area contributed by atoms with Gasteiger partial charge in [-0.1, -0.05) is 6.92 Å². The van der Waals surface area contributed by atoms with E-state index >= 15 is 0 Å². The van der Waals surface area contributed by atoms with Crippen molar-refractivity contribution in [3.8, 4) is 0 Å². The van der Waals surface area contributed by atoms with E-state index in [1.807, 2.05) is 6.92 Å². The Balaban J connectivity index is 2.49. The van der Waals surface area contributed by atoms with Gasteiger partial charge in [0, 0.05) is 0 Å². The number of carboxylic acid groups (broad SMARTS) is 1. The van der Waals surface area contributed by atoms with E-state index in [-0.39, 0.29) is 17.9 Å². The molecule has 0 aromatic carbocycles. The average Bonchev–Trinajstić information content (AvgIpc) is 2.18. The van der Waals surface area contributed by atoms with Gasteiger partial charge >= 0.3 is 5.97 Å². The molecule has 1 fully saturated rings. The second kappa shape index (κ2) is 5.35. The van der Waals surface area contributed by atoms with Crippen molar-refractivity contribution >= 4 is 5.97 Å². The summed E-state index contributed by atoms with van der Waals surface area (Å²) in [6.45, 7) is 1.92. The molecule has 3 unspecified atom stereocenters. The number of aliphatic hydroxyl groups excluding tert-OH is 1. The van der Waals surface area contributed by atoms with Crippen molar-refractivity contribution in [3.05, 3.63) is 6.42 Å². The van der Waals surface area contributed by atoms with Crippen LogP contribution >= 0.6 is 0 Å². The van der Waals surface area contributed by atoms with Crippen molar-refractivity contribution in [2.45, 2.75) is 45.1 Å². The molecule has 0 aliphatic heterocycles. The Kier molecular flexibility index (Phi) is 4.39. The van der Waals surface area contributed by atoms with Crippen molar-refractivity contribution in [2.24, 2.45) is 11.8 Å². The van der Waals surface area contributed by atoms with E-state index < -0.39 is 5.97 Å². The predicted octanol–water partition coefficient (Wildman–Crippen LogP) is 1.85. The predicted molar refractivity (Wildman–Crippen MR) is 53.7 cm³/mol. The van der Waals surface area contributed by atoms with Crippen LogP contribution in [0.2, 0.25) is 0 Å². The first-order chi connectivity index (χ1) is 6.65. The Morgan fingerprint density at radius 3 is 2.93 bits per heavy atom. The Labute approximate surface area is 85.1 Å². The summed E-state index contributed by atoms with van der Waals surface area (Å²) in [4.78, 5) is 10.9. The van der Waals surface area contributed by atoms with E-state index in [0.717, 1.165) is 19.3 Å². The number of carbonyl (C=O) groups is 1. The van der Waals surface area contributed by atoms with Gasteiger partial charge in [-0.25, -0.2) is 0 Å². The smallest absolute Gasteiger partial charge is 0.306 e. The van der Waals surface area contributed by atoms with Gasteiger partial charge in [0.05, 0.1) is 12.0 Å². The van der Waals surface area contributed by atoms with Crippen LogP contribution < -0.4 is 0 Å². The van der Waals surface area contributed by atoms with Crippen molar-refractivity contribution in [1.82, 2.24) is 0 Å². The third-order valence-electron chi connectivity index (χ3n) is 3.08. The Bertz CT molecular complexity index is 191. The topological polar surface area (TPSA) is 57.5 Å². The second-order valence-corrected chi connectivity index (χ2v) is 4.10. The van der Waals surface area contributed by atoms with E-state index in [1.54, 1.807) is 0 Å². The minimum absolute atomic E-state index is 0.135. The number of aliphatic carboxylic acids is 1. The molecule has 81 valence electrons. The first kappa shape index (κ1) is 11.5. The molecule has 0 spiro atoms. The molecule has 1 rings (SSSR count). The van der Waals surface area contributed by atoms with Crippen LogP contribution in [-0.2, 0) is 4.79 Å². The summed E-state index contributed by atoms with van der Waals surface area (Å²) in [5, 5.41) is 18.5. The molecule has 0 heterocycles. The van der Waals surface area contributed by atoms with Gasteiger partial charge in [-0.3, -0.25) is 4.79 Å². The van der Waals surface area contributed by atoms with E-state index in [9.17, 15) is 9.90 Å². The molecule has 3 nitrogen and oxygen atoms in total. The summed E-state index contributed by atoms with van der Waals surface area (Å²) >= 11 is 0. The molecule has 1 saturated carbocycles. The van der Waals surface area contributed by atoms with Crippen molar-refractivity contribution in [1.29, 1.82) is 0 Å². The summed E-state index contributed by atoms with van der Waals surface area (Å²) in [6.07, 6.45) is 5.62. The summed E-state index contributed by atoms with van der Waals surface area (Å²) in [5.74, 6) is -0.816. The fourth-order valence-corrected chi connectivity index (χ4v) is 2.13. The first-order valence-corrected chi connectivity index (χ1v) is 5.37. The van der Waals surface area contributed by atoms with Gasteiger partial charge in [0.15, 0.2) is 0 Å². The van der Waals surface area contributed by atoms with Crippen LogP contribution in [0.3, 0.4) is 0 Å². The summed E-state index contributed by atoms with van der Waals surface area (Å²) < 4.78 is 0. The molecule has 0 amide bonds. The molecule has 3 atom stereocenters. The van der Waals surface area contributed by atoms with Crippen molar-refractivity contribution < 1.29 is 15.0 Å². The Hall–Kier alpha value is -0.570. The third kappa shape index (κ3) is 2.98. The van der Waals surface area contributed by atoms with Gasteiger partial charge in [0.25, 0.3) is 0 Å². The van der Waals surface area contributed by atoms with Crippen LogP contribution in [0.4, 0.5) is 0 Å². The number of hydrogen-bond acceptors (Lipinski definition) is 2. The minimum Gasteiger partial charge on any atom is -0.481 e. The van der Waals surface area contributed by atoms with E-state index in [2.05, 4.69) is 6.42 Å². The quantitative estimate of drug-likeness (QED) is 0.726. The summed E-state index contributed by atoms with van der Waals surface area (Å²) in [7, 11) is 0. The molecule has 0 bridgehead atoms. The zero-order valence-corrected chi connectivity index (χ0v) is 8.65. The van der Waals surface area contributed by atoms with Crippen LogP contribution in [0.5, 0.6) is 0 Å². The number of hydrogen-bond donors (Lipinski definition) is 2. The minimum atomic E-state index is -0.702. The molecule has 1 aliphatic carbocycles. The highest BCUT2D eigenvalue weighted by atomic mass is 16.4. The standard InChI is InChI=1S/C11H19O3/c1-2-9(12)7-8-5-3-4-6-10(8)11(13)14/h3,8-10,12H,2,4-7H2,1H3,(H,13,14). The molecular formula is C11H19O3. The van der Waals surface area contributed by atoms with Crippen LogP contribution in [0.25, 0.3) is 0 Å². The lowest BCUT2D eigenvalue weighted by Gasteiger charge is -2.29. The number of carboxylic acids is 1. The molecule has 1 aliphatic rings. The van der Waals surface area contributed by atoms with Gasteiger partial charge < -0.3 is 10.2 Å². The lowest BCUT2D eigenvalue weighted by molar-refractivity contribution is -0.144. The maximum Gasteiger partial charge on any atom is 0.306 e. The van der Waals surface area contributed by atoms with Crippen molar-refractivity contribution in [2.75, 3.05) is 0 Å². The normalized spacial score (nSPS) is 29.9. The van der Waals surface area contributed by atoms with Crippen molar-refractivity contribution in [3.63, 3.8) is 0 Å². The maximum atomic E-state index is 10.9. The van der Waals surface area contributed by atoms with Crippen LogP contribution in [0, 0.1) is 18.3 Å². The number of aliphatic hydroxyl groups is 1. The molecule has 0 aromatic rings. The first-order valence-electron chi connectivity index (χ1n) is 5.37. The molecule has 0 saturated heterocycles. The van der Waals surface area contributed by atoms with Gasteiger partial charge in [-0.05, 0) is 44.4 Å². The SMILES string of the molecule is CCC(O)CC1C[CH]CCC1C(=O)O. The van der Waals surface area contributed by atoms with Gasteiger partial charge in [0.2, 0.25) is 0 Å². The molecular weight excluding hydrogens is 180 g/mol. The maximum absolute atomic E-state index is 10.9. The fraction of sp³-hybridized carbons (Fsp3) is 0.818. The Morgan fingerprint density at radius 2 is 2.36 bits per heavy atom. The van der Waals surface area contributed by atoms with Crippen LogP contribution in [0.1, 0.15) is 39.0 Å². The molecule has 0 aromatic heterocycles. The monoisotopic (exact) mass is 199 g/mol. The van der Waals surface area contributed by atoms with Gasteiger partial charge in [-0.15, -0.1) is 0 Å². The average molecular weight is 199 g/mol. The summed E-state index contributed by atoms with van der Waals surface area (Å²) in [5.41, 5.74) is 0. The van der Waals surface area contributed by atoms with Crippen LogP contribution in [0.15, 0.2) is 0 Å². The summed E-state index contributed by atoms with van der Waals surface area (Å²) in [6, 6.07) is 0.